The maximum absolute atomic E-state index is 5.42. The summed E-state index contributed by atoms with van der Waals surface area (Å²) in [5.41, 5.74) is 0. The third-order valence-electron chi connectivity index (χ3n) is 1.48. The van der Waals surface area contributed by atoms with Crippen LogP contribution in [0.3, 0.4) is 0 Å². The fourth-order valence-electron chi connectivity index (χ4n) is 1.41. The first-order valence-electron chi connectivity index (χ1n) is 3.81. The van der Waals surface area contributed by atoms with Gasteiger partial charge < -0.3 is 4.74 Å². The minimum Gasteiger partial charge on any atom is -0.555 e. The van der Waals surface area contributed by atoms with Crippen molar-refractivity contribution in [2.24, 2.45) is 0 Å². The van der Waals surface area contributed by atoms with Crippen molar-refractivity contribution in [2.45, 2.75) is 32.7 Å². The van der Waals surface area contributed by atoms with Gasteiger partial charge in [-0.05, 0) is 7.11 Å². The largest absolute Gasteiger partial charge is 1.00 e. The van der Waals surface area contributed by atoms with E-state index in [9.17, 15) is 0 Å². The maximum atomic E-state index is 5.42. The molecule has 4 heteroatoms. The minimum absolute atomic E-state index is 0. The van der Waals surface area contributed by atoms with Crippen LogP contribution < -0.4 is 18.9 Å². The van der Waals surface area contributed by atoms with E-state index in [2.05, 4.69) is 32.7 Å². The Morgan fingerprint density at radius 2 is 1.55 bits per heavy atom. The standard InChI is InChI=1S/C7H19OSi2.Li/c1-8-7(9(2)3)10(4,5)6;/h9H,1-6H3;/q-1;+1. The average molecular weight is 182 g/mol. The maximum Gasteiger partial charge on any atom is 1.00 e. The number of methoxy groups -OCH3 is 1. The molecule has 0 heterocycles. The van der Waals surface area contributed by atoms with Crippen molar-refractivity contribution < 1.29 is 23.6 Å². The van der Waals surface area contributed by atoms with Crippen LogP contribution in [0.15, 0.2) is 0 Å². The SMILES string of the molecule is CO[C-]([SiH](C)C)[Si](C)(C)C.[Li+]. The molecule has 0 fully saturated rings. The van der Waals surface area contributed by atoms with Gasteiger partial charge in [0.25, 0.3) is 0 Å². The van der Waals surface area contributed by atoms with Crippen molar-refractivity contribution in [3.8, 4) is 0 Å². The van der Waals surface area contributed by atoms with E-state index < -0.39 is 16.9 Å². The predicted molar refractivity (Wildman–Crippen MR) is 52.5 cm³/mol. The number of ether oxygens (including phenoxy) is 1. The van der Waals surface area contributed by atoms with Crippen molar-refractivity contribution >= 4 is 16.9 Å². The summed E-state index contributed by atoms with van der Waals surface area (Å²) in [6, 6.07) is 0. The summed E-state index contributed by atoms with van der Waals surface area (Å²) in [6.07, 6.45) is 0. The Bertz CT molecular complexity index is 101. The topological polar surface area (TPSA) is 9.23 Å². The van der Waals surface area contributed by atoms with Crippen molar-refractivity contribution in [1.82, 2.24) is 0 Å². The summed E-state index contributed by atoms with van der Waals surface area (Å²) >= 11 is 0. The van der Waals surface area contributed by atoms with Crippen LogP contribution in [0.5, 0.6) is 0 Å². The predicted octanol–water partition coefficient (Wildman–Crippen LogP) is -0.928. The van der Waals surface area contributed by atoms with Crippen molar-refractivity contribution in [2.75, 3.05) is 7.11 Å². The van der Waals surface area contributed by atoms with Crippen LogP contribution in [0.1, 0.15) is 0 Å². The van der Waals surface area contributed by atoms with E-state index in [1.807, 2.05) is 7.11 Å². The molecule has 0 bridgehead atoms. The molecule has 0 aromatic rings. The first-order chi connectivity index (χ1) is 4.39. The van der Waals surface area contributed by atoms with Gasteiger partial charge in [-0.25, -0.2) is 0 Å². The quantitative estimate of drug-likeness (QED) is 0.405. The Hall–Kier alpha value is 0.991. The number of hydrogen-bond acceptors (Lipinski definition) is 1. The van der Waals surface area contributed by atoms with E-state index >= 15 is 0 Å². The Morgan fingerprint density at radius 1 is 1.18 bits per heavy atom. The second-order valence-corrected chi connectivity index (χ2v) is 12.4. The molecule has 11 heavy (non-hydrogen) atoms. The Balaban J connectivity index is 0. The third-order valence-corrected chi connectivity index (χ3v) is 8.78. The second-order valence-electron chi connectivity index (χ2n) is 3.97. The van der Waals surface area contributed by atoms with E-state index in [-0.39, 0.29) is 18.9 Å². The van der Waals surface area contributed by atoms with E-state index in [1.54, 1.807) is 0 Å². The van der Waals surface area contributed by atoms with Crippen molar-refractivity contribution in [3.63, 3.8) is 0 Å². The summed E-state index contributed by atoms with van der Waals surface area (Å²) in [5, 5.41) is 1.45. The number of rotatable bonds is 3. The van der Waals surface area contributed by atoms with Crippen LogP contribution >= 0.6 is 0 Å². The van der Waals surface area contributed by atoms with Crippen molar-refractivity contribution in [3.05, 3.63) is 5.35 Å². The summed E-state index contributed by atoms with van der Waals surface area (Å²) in [6.45, 7) is 11.7. The Kier molecular flexibility index (Phi) is 7.39. The first kappa shape index (κ1) is 14.5. The van der Waals surface area contributed by atoms with Crippen LogP contribution in [0.25, 0.3) is 0 Å². The summed E-state index contributed by atoms with van der Waals surface area (Å²) < 4.78 is 5.42. The van der Waals surface area contributed by atoms with Crippen LogP contribution in [0, 0.1) is 5.35 Å². The molecule has 0 N–H and O–H groups in total. The molecular formula is C7H19LiOSi2. The van der Waals surface area contributed by atoms with Crippen LogP contribution in [-0.4, -0.2) is 24.0 Å². The van der Waals surface area contributed by atoms with Gasteiger partial charge in [-0.15, -0.1) is 0 Å². The molecule has 1 nitrogen and oxygen atoms in total. The molecule has 0 aliphatic heterocycles. The second kappa shape index (κ2) is 5.60. The Morgan fingerprint density at radius 3 is 1.55 bits per heavy atom. The first-order valence-corrected chi connectivity index (χ1v) is 10.2. The molecule has 0 amide bonds. The molecule has 0 aliphatic carbocycles. The normalized spacial score (nSPS) is 12.0. The molecule has 0 saturated carbocycles. The van der Waals surface area contributed by atoms with E-state index in [0.717, 1.165) is 0 Å². The van der Waals surface area contributed by atoms with Gasteiger partial charge >= 0.3 is 18.9 Å². The van der Waals surface area contributed by atoms with E-state index in [1.165, 1.54) is 5.35 Å². The van der Waals surface area contributed by atoms with Crippen molar-refractivity contribution in [1.29, 1.82) is 0 Å². The molecule has 62 valence electrons. The van der Waals surface area contributed by atoms with Gasteiger partial charge in [-0.2, -0.15) is 5.35 Å². The van der Waals surface area contributed by atoms with Gasteiger partial charge in [0.15, 0.2) is 0 Å². The Labute approximate surface area is 85.7 Å². The zero-order chi connectivity index (χ0) is 8.36. The van der Waals surface area contributed by atoms with Gasteiger partial charge in [0.1, 0.15) is 0 Å². The van der Waals surface area contributed by atoms with Gasteiger partial charge in [-0.1, -0.05) is 49.6 Å². The zero-order valence-electron chi connectivity index (χ0n) is 8.99. The molecule has 0 aromatic heterocycles. The van der Waals surface area contributed by atoms with Crippen LogP contribution in [-0.2, 0) is 4.74 Å². The fourth-order valence-corrected chi connectivity index (χ4v) is 9.42. The molecule has 0 aliphatic rings. The fraction of sp³-hybridized carbons (Fsp3) is 0.857. The zero-order valence-corrected chi connectivity index (χ0v) is 11.1. The van der Waals surface area contributed by atoms with Crippen LogP contribution in [0.2, 0.25) is 32.7 Å². The molecule has 0 saturated heterocycles. The minimum atomic E-state index is -1.09. The van der Waals surface area contributed by atoms with E-state index in [4.69, 9.17) is 4.74 Å². The molecule has 0 atom stereocenters. The monoisotopic (exact) mass is 182 g/mol. The van der Waals surface area contributed by atoms with Gasteiger partial charge in [-0.3, -0.25) is 0 Å². The molecule has 0 rings (SSSR count). The van der Waals surface area contributed by atoms with Gasteiger partial charge in [0, 0.05) is 0 Å². The average Bonchev–Trinajstić information content (AvgIpc) is 1.60. The van der Waals surface area contributed by atoms with E-state index in [0.29, 0.717) is 0 Å². The molecule has 0 spiro atoms. The van der Waals surface area contributed by atoms with Gasteiger partial charge in [0.05, 0.1) is 0 Å². The molecular weight excluding hydrogens is 163 g/mol. The third kappa shape index (κ3) is 5.26. The summed E-state index contributed by atoms with van der Waals surface area (Å²) in [4.78, 5) is 0. The molecule has 0 unspecified atom stereocenters. The van der Waals surface area contributed by atoms with Crippen LogP contribution in [0.4, 0.5) is 0 Å². The molecule has 0 radical (unpaired) electrons. The smallest absolute Gasteiger partial charge is 0.555 e. The number of hydrogen-bond donors (Lipinski definition) is 0. The molecule has 0 aromatic carbocycles. The summed E-state index contributed by atoms with van der Waals surface area (Å²) in [7, 11) is 0.0721. The summed E-state index contributed by atoms with van der Waals surface area (Å²) in [5.74, 6) is 0. The van der Waals surface area contributed by atoms with Gasteiger partial charge in [0.2, 0.25) is 0 Å².